The Labute approximate surface area is 175 Å². The predicted octanol–water partition coefficient (Wildman–Crippen LogP) is 3.64. The minimum Gasteiger partial charge on any atom is -0.463 e. The van der Waals surface area contributed by atoms with Gasteiger partial charge in [-0.05, 0) is 67.8 Å². The third-order valence-corrected chi connectivity index (χ3v) is 7.67. The summed E-state index contributed by atoms with van der Waals surface area (Å²) >= 11 is 0. The van der Waals surface area contributed by atoms with Crippen LogP contribution in [-0.4, -0.2) is 48.7 Å². The van der Waals surface area contributed by atoms with Crippen LogP contribution in [0.15, 0.2) is 23.3 Å². The zero-order valence-corrected chi connectivity index (χ0v) is 18.4. The van der Waals surface area contributed by atoms with Crippen molar-refractivity contribution in [2.75, 3.05) is 26.4 Å². The second-order valence-corrected chi connectivity index (χ2v) is 9.91. The van der Waals surface area contributed by atoms with Gasteiger partial charge in [-0.15, -0.1) is 0 Å². The van der Waals surface area contributed by atoms with Crippen LogP contribution in [0.2, 0.25) is 0 Å². The number of hydrogen-bond donors (Lipinski definition) is 2. The number of ether oxygens (including phenoxy) is 2. The SMILES string of the molecule is CC(C)C1=CC2=CC[C@@H]3[C@](C)(CC(O)C[C@@]3(C)C(=O)OCCOCCO)[C@H]2CC1. The maximum absolute atomic E-state index is 13.1. The largest absolute Gasteiger partial charge is 0.463 e. The van der Waals surface area contributed by atoms with Gasteiger partial charge in [-0.2, -0.15) is 0 Å². The molecule has 3 aliphatic rings. The van der Waals surface area contributed by atoms with Crippen molar-refractivity contribution < 1.29 is 24.5 Å². The second kappa shape index (κ2) is 8.91. The van der Waals surface area contributed by atoms with Crippen LogP contribution in [0, 0.1) is 28.6 Å². The maximum Gasteiger partial charge on any atom is 0.312 e. The number of aliphatic hydroxyl groups is 2. The minimum absolute atomic E-state index is 0.0404. The van der Waals surface area contributed by atoms with E-state index in [9.17, 15) is 9.90 Å². The lowest BCUT2D eigenvalue weighted by Gasteiger charge is -2.58. The molecular formula is C24H38O5. The Morgan fingerprint density at radius 3 is 2.69 bits per heavy atom. The van der Waals surface area contributed by atoms with E-state index in [4.69, 9.17) is 14.6 Å². The van der Waals surface area contributed by atoms with E-state index in [2.05, 4.69) is 32.9 Å². The summed E-state index contributed by atoms with van der Waals surface area (Å²) in [5.74, 6) is 0.879. The molecule has 0 radical (unpaired) electrons. The van der Waals surface area contributed by atoms with Crippen LogP contribution in [0.5, 0.6) is 0 Å². The molecule has 0 amide bonds. The Bertz CT molecular complexity index is 666. The molecule has 0 saturated heterocycles. The first kappa shape index (κ1) is 22.5. The van der Waals surface area contributed by atoms with Crippen LogP contribution in [0.1, 0.15) is 59.8 Å². The third kappa shape index (κ3) is 4.33. The van der Waals surface area contributed by atoms with Gasteiger partial charge in [0, 0.05) is 0 Å². The zero-order chi connectivity index (χ0) is 21.2. The predicted molar refractivity (Wildman–Crippen MR) is 112 cm³/mol. The zero-order valence-electron chi connectivity index (χ0n) is 18.4. The topological polar surface area (TPSA) is 76.0 Å². The molecule has 0 bridgehead atoms. The summed E-state index contributed by atoms with van der Waals surface area (Å²) in [4.78, 5) is 13.1. The summed E-state index contributed by atoms with van der Waals surface area (Å²) in [6, 6.07) is 0. The number of allylic oxidation sites excluding steroid dienone is 4. The Morgan fingerprint density at radius 2 is 2.00 bits per heavy atom. The van der Waals surface area contributed by atoms with Crippen molar-refractivity contribution in [3.05, 3.63) is 23.3 Å². The smallest absolute Gasteiger partial charge is 0.312 e. The first-order valence-electron chi connectivity index (χ1n) is 11.2. The number of rotatable bonds is 7. The molecule has 0 heterocycles. The molecule has 1 saturated carbocycles. The fourth-order valence-electron chi connectivity index (χ4n) is 6.23. The first-order chi connectivity index (χ1) is 13.7. The highest BCUT2D eigenvalue weighted by molar-refractivity contribution is 5.77. The van der Waals surface area contributed by atoms with Crippen LogP contribution in [0.4, 0.5) is 0 Å². The van der Waals surface area contributed by atoms with Crippen molar-refractivity contribution in [3.63, 3.8) is 0 Å². The number of carbonyl (C=O) groups excluding carboxylic acids is 1. The monoisotopic (exact) mass is 406 g/mol. The molecule has 3 rings (SSSR count). The average molecular weight is 407 g/mol. The first-order valence-corrected chi connectivity index (χ1v) is 11.2. The van der Waals surface area contributed by atoms with Gasteiger partial charge in [0.1, 0.15) is 6.61 Å². The molecule has 0 aromatic rings. The summed E-state index contributed by atoms with van der Waals surface area (Å²) in [5, 5.41) is 19.6. The normalized spacial score (nSPS) is 36.7. The summed E-state index contributed by atoms with van der Waals surface area (Å²) in [6.45, 7) is 9.43. The van der Waals surface area contributed by atoms with E-state index in [0.29, 0.717) is 18.3 Å². The highest BCUT2D eigenvalue weighted by Crippen LogP contribution is 2.62. The Morgan fingerprint density at radius 1 is 1.24 bits per heavy atom. The molecule has 0 aliphatic heterocycles. The molecular weight excluding hydrogens is 368 g/mol. The van der Waals surface area contributed by atoms with Crippen LogP contribution >= 0.6 is 0 Å². The van der Waals surface area contributed by atoms with E-state index < -0.39 is 11.5 Å². The molecule has 0 spiro atoms. The van der Waals surface area contributed by atoms with Gasteiger partial charge in [0.2, 0.25) is 0 Å². The molecule has 164 valence electrons. The van der Waals surface area contributed by atoms with E-state index in [-0.39, 0.29) is 43.7 Å². The molecule has 3 aliphatic carbocycles. The molecule has 5 heteroatoms. The number of aliphatic hydroxyl groups excluding tert-OH is 2. The second-order valence-electron chi connectivity index (χ2n) is 9.91. The van der Waals surface area contributed by atoms with Crippen molar-refractivity contribution in [1.82, 2.24) is 0 Å². The van der Waals surface area contributed by atoms with Gasteiger partial charge in [0.05, 0.1) is 31.3 Å². The Hall–Kier alpha value is -1.17. The molecule has 2 N–H and O–H groups in total. The van der Waals surface area contributed by atoms with E-state index in [1.165, 1.54) is 11.1 Å². The van der Waals surface area contributed by atoms with Crippen molar-refractivity contribution in [3.8, 4) is 0 Å². The van der Waals surface area contributed by atoms with Crippen molar-refractivity contribution in [2.24, 2.45) is 28.6 Å². The van der Waals surface area contributed by atoms with Gasteiger partial charge >= 0.3 is 5.97 Å². The quantitative estimate of drug-likeness (QED) is 0.499. The van der Waals surface area contributed by atoms with Gasteiger partial charge in [0.15, 0.2) is 0 Å². The molecule has 1 unspecified atom stereocenters. The van der Waals surface area contributed by atoms with Gasteiger partial charge in [-0.3, -0.25) is 4.79 Å². The number of esters is 1. The maximum atomic E-state index is 13.1. The number of hydrogen-bond acceptors (Lipinski definition) is 5. The van der Waals surface area contributed by atoms with Crippen LogP contribution < -0.4 is 0 Å². The number of fused-ring (bicyclic) bond motifs is 3. The molecule has 0 aromatic carbocycles. The minimum atomic E-state index is -0.701. The standard InChI is InChI=1S/C24H38O5/c1-16(2)17-5-7-20-18(13-17)6-8-21-23(20,3)14-19(26)15-24(21,4)22(27)29-12-11-28-10-9-25/h6,13,16,19-21,25-26H,5,7-12,14-15H2,1-4H3/t19?,20-,21+,23+,24+/m0/s1. The Balaban J connectivity index is 1.81. The van der Waals surface area contributed by atoms with Crippen molar-refractivity contribution in [1.29, 1.82) is 0 Å². The molecule has 0 aromatic heterocycles. The van der Waals surface area contributed by atoms with E-state index in [1.807, 2.05) is 6.92 Å². The van der Waals surface area contributed by atoms with Crippen molar-refractivity contribution >= 4 is 5.97 Å². The summed E-state index contributed by atoms with van der Waals surface area (Å²) < 4.78 is 10.8. The van der Waals surface area contributed by atoms with Gasteiger partial charge in [-0.1, -0.05) is 38.5 Å². The van der Waals surface area contributed by atoms with Crippen LogP contribution in [0.3, 0.4) is 0 Å². The van der Waals surface area contributed by atoms with E-state index in [1.54, 1.807) is 0 Å². The molecule has 5 atom stereocenters. The summed E-state index contributed by atoms with van der Waals surface area (Å²) in [7, 11) is 0. The summed E-state index contributed by atoms with van der Waals surface area (Å²) in [6.07, 6.45) is 8.47. The van der Waals surface area contributed by atoms with E-state index in [0.717, 1.165) is 25.7 Å². The molecule has 1 fully saturated rings. The molecule has 5 nitrogen and oxygen atoms in total. The van der Waals surface area contributed by atoms with E-state index >= 15 is 0 Å². The highest BCUT2D eigenvalue weighted by Gasteiger charge is 2.59. The Kier molecular flexibility index (Phi) is 6.91. The van der Waals surface area contributed by atoms with Gasteiger partial charge in [-0.25, -0.2) is 0 Å². The van der Waals surface area contributed by atoms with Crippen molar-refractivity contribution in [2.45, 2.75) is 65.9 Å². The van der Waals surface area contributed by atoms with Gasteiger partial charge in [0.25, 0.3) is 0 Å². The summed E-state index contributed by atoms with van der Waals surface area (Å²) in [5.41, 5.74) is 2.10. The fraction of sp³-hybridized carbons (Fsp3) is 0.792. The van der Waals surface area contributed by atoms with Gasteiger partial charge < -0.3 is 19.7 Å². The third-order valence-electron chi connectivity index (χ3n) is 7.67. The lowest BCUT2D eigenvalue weighted by molar-refractivity contribution is -0.178. The number of carbonyl (C=O) groups is 1. The van der Waals surface area contributed by atoms with Crippen LogP contribution in [0.25, 0.3) is 0 Å². The molecule has 29 heavy (non-hydrogen) atoms. The average Bonchev–Trinajstić information content (AvgIpc) is 2.66. The highest BCUT2D eigenvalue weighted by atomic mass is 16.6. The van der Waals surface area contributed by atoms with Crippen LogP contribution in [-0.2, 0) is 14.3 Å². The lowest BCUT2D eigenvalue weighted by Crippen LogP contribution is -2.56. The fourth-order valence-corrected chi connectivity index (χ4v) is 6.23. The lowest BCUT2D eigenvalue weighted by atomic mass is 9.46.